The predicted octanol–water partition coefficient (Wildman–Crippen LogP) is 1.01. The third kappa shape index (κ3) is 3.37. The molecule has 0 saturated carbocycles. The Labute approximate surface area is 98.5 Å². The van der Waals surface area contributed by atoms with Gasteiger partial charge in [-0.25, -0.2) is 4.79 Å². The van der Waals surface area contributed by atoms with Crippen LogP contribution < -0.4 is 10.2 Å². The van der Waals surface area contributed by atoms with E-state index < -0.39 is 18.0 Å². The van der Waals surface area contributed by atoms with Crippen LogP contribution in [0.15, 0.2) is 24.3 Å². The van der Waals surface area contributed by atoms with Crippen LogP contribution in [0.4, 0.5) is 10.5 Å². The van der Waals surface area contributed by atoms with E-state index in [2.05, 4.69) is 5.32 Å². The largest absolute Gasteiger partial charge is 0.508 e. The van der Waals surface area contributed by atoms with Gasteiger partial charge in [0.05, 0.1) is 0 Å². The van der Waals surface area contributed by atoms with Crippen molar-refractivity contribution in [3.63, 3.8) is 0 Å². The number of rotatable bonds is 3. The number of carboxylic acids is 1. The van der Waals surface area contributed by atoms with Crippen LogP contribution in [-0.2, 0) is 4.79 Å². The number of phenolic OH excluding ortho intramolecular Hbond substituents is 1. The van der Waals surface area contributed by atoms with Crippen LogP contribution in [0.2, 0.25) is 0 Å². The number of hydrogen-bond acceptors (Lipinski definition) is 3. The van der Waals surface area contributed by atoms with Crippen molar-refractivity contribution in [2.24, 2.45) is 0 Å². The monoisotopic (exact) mass is 238 g/mol. The maximum atomic E-state index is 11.6. The van der Waals surface area contributed by atoms with Crippen molar-refractivity contribution in [1.29, 1.82) is 0 Å². The van der Waals surface area contributed by atoms with Gasteiger partial charge >= 0.3 is 12.0 Å². The van der Waals surface area contributed by atoms with Crippen molar-refractivity contribution in [2.75, 3.05) is 11.9 Å². The van der Waals surface area contributed by atoms with Crippen molar-refractivity contribution < 1.29 is 19.8 Å². The van der Waals surface area contributed by atoms with Crippen LogP contribution in [0, 0.1) is 0 Å². The normalized spacial score (nSPS) is 11.6. The Balaban J connectivity index is 2.73. The molecule has 17 heavy (non-hydrogen) atoms. The first kappa shape index (κ1) is 12.8. The Kier molecular flexibility index (Phi) is 3.92. The fourth-order valence-electron chi connectivity index (χ4n) is 1.16. The van der Waals surface area contributed by atoms with Crippen molar-refractivity contribution in [3.05, 3.63) is 24.3 Å². The number of benzene rings is 1. The van der Waals surface area contributed by atoms with Crippen LogP contribution in [0.25, 0.3) is 0 Å². The number of phenols is 1. The van der Waals surface area contributed by atoms with Gasteiger partial charge < -0.3 is 15.5 Å². The summed E-state index contributed by atoms with van der Waals surface area (Å²) in [4.78, 5) is 23.4. The second-order valence-corrected chi connectivity index (χ2v) is 3.59. The molecule has 0 spiro atoms. The lowest BCUT2D eigenvalue weighted by Crippen LogP contribution is -2.45. The third-order valence-electron chi connectivity index (χ3n) is 2.23. The van der Waals surface area contributed by atoms with Gasteiger partial charge in [-0.15, -0.1) is 0 Å². The lowest BCUT2D eigenvalue weighted by Gasteiger charge is -2.19. The predicted molar refractivity (Wildman–Crippen MR) is 62.1 cm³/mol. The van der Waals surface area contributed by atoms with Crippen LogP contribution >= 0.6 is 0 Å². The molecule has 0 aliphatic heterocycles. The SMILES string of the molecule is CC(NC(=O)N(C)c1cccc(O)c1)C(=O)O. The smallest absolute Gasteiger partial charge is 0.325 e. The molecule has 1 aromatic rings. The summed E-state index contributed by atoms with van der Waals surface area (Å²) in [6.45, 7) is 1.37. The van der Waals surface area contributed by atoms with Crippen LogP contribution in [0.1, 0.15) is 6.92 Å². The fraction of sp³-hybridized carbons (Fsp3) is 0.273. The topological polar surface area (TPSA) is 89.9 Å². The Bertz CT molecular complexity index is 433. The molecule has 2 amide bonds. The summed E-state index contributed by atoms with van der Waals surface area (Å²) < 4.78 is 0. The molecule has 1 rings (SSSR count). The minimum absolute atomic E-state index is 0.0356. The van der Waals surface area contributed by atoms with E-state index in [1.165, 1.54) is 31.0 Å². The molecule has 1 atom stereocenters. The number of amides is 2. The third-order valence-corrected chi connectivity index (χ3v) is 2.23. The molecule has 92 valence electrons. The molecule has 3 N–H and O–H groups in total. The molecule has 0 aliphatic carbocycles. The summed E-state index contributed by atoms with van der Waals surface area (Å²) in [7, 11) is 1.48. The highest BCUT2D eigenvalue weighted by atomic mass is 16.4. The summed E-state index contributed by atoms with van der Waals surface area (Å²) in [5.74, 6) is -1.07. The zero-order valence-corrected chi connectivity index (χ0v) is 9.54. The fourth-order valence-corrected chi connectivity index (χ4v) is 1.16. The average Bonchev–Trinajstić information content (AvgIpc) is 2.27. The van der Waals surface area contributed by atoms with Gasteiger partial charge in [-0.2, -0.15) is 0 Å². The van der Waals surface area contributed by atoms with Crippen LogP contribution in [-0.4, -0.2) is 35.3 Å². The van der Waals surface area contributed by atoms with Gasteiger partial charge in [-0.3, -0.25) is 9.69 Å². The molecule has 0 heterocycles. The number of carbonyl (C=O) groups excluding carboxylic acids is 1. The number of urea groups is 1. The highest BCUT2D eigenvalue weighted by Gasteiger charge is 2.17. The van der Waals surface area contributed by atoms with Crippen molar-refractivity contribution in [3.8, 4) is 5.75 Å². The van der Waals surface area contributed by atoms with Crippen LogP contribution in [0.5, 0.6) is 5.75 Å². The Hall–Kier alpha value is -2.24. The number of carbonyl (C=O) groups is 2. The summed E-state index contributed by atoms with van der Waals surface area (Å²) in [6.07, 6.45) is 0. The Morgan fingerprint density at radius 2 is 2.06 bits per heavy atom. The first-order valence-electron chi connectivity index (χ1n) is 4.98. The molecule has 6 nitrogen and oxygen atoms in total. The molecule has 1 aromatic carbocycles. The van der Waals surface area contributed by atoms with Gasteiger partial charge in [0.2, 0.25) is 0 Å². The lowest BCUT2D eigenvalue weighted by atomic mass is 10.3. The van der Waals surface area contributed by atoms with Gasteiger partial charge in [0.1, 0.15) is 11.8 Å². The standard InChI is InChI=1S/C11H14N2O4/c1-7(10(15)16)12-11(17)13(2)8-4-3-5-9(14)6-8/h3-7,14H,1-2H3,(H,12,17)(H,15,16). The Morgan fingerprint density at radius 3 is 2.59 bits per heavy atom. The van der Waals surface area contributed by atoms with E-state index in [0.717, 1.165) is 0 Å². The highest BCUT2D eigenvalue weighted by Crippen LogP contribution is 2.18. The maximum absolute atomic E-state index is 11.6. The van der Waals surface area contributed by atoms with Crippen molar-refractivity contribution in [2.45, 2.75) is 13.0 Å². The van der Waals surface area contributed by atoms with Crippen molar-refractivity contribution in [1.82, 2.24) is 5.32 Å². The summed E-state index contributed by atoms with van der Waals surface area (Å²) >= 11 is 0. The Morgan fingerprint density at radius 1 is 1.41 bits per heavy atom. The number of carboxylic acid groups (broad SMARTS) is 1. The van der Waals surface area contributed by atoms with E-state index >= 15 is 0 Å². The van der Waals surface area contributed by atoms with E-state index in [-0.39, 0.29) is 5.75 Å². The highest BCUT2D eigenvalue weighted by molar-refractivity contribution is 5.94. The summed E-state index contributed by atoms with van der Waals surface area (Å²) in [6, 6.07) is 4.59. The number of nitrogens with one attached hydrogen (secondary N) is 1. The number of aromatic hydroxyl groups is 1. The lowest BCUT2D eigenvalue weighted by molar-refractivity contribution is -0.138. The van der Waals surface area contributed by atoms with E-state index in [0.29, 0.717) is 5.69 Å². The van der Waals surface area contributed by atoms with E-state index in [1.54, 1.807) is 12.1 Å². The molecule has 1 unspecified atom stereocenters. The van der Waals surface area contributed by atoms with E-state index in [1.807, 2.05) is 0 Å². The van der Waals surface area contributed by atoms with Crippen molar-refractivity contribution >= 4 is 17.7 Å². The molecule has 0 radical (unpaired) electrons. The average molecular weight is 238 g/mol. The van der Waals surface area contributed by atoms with E-state index in [9.17, 15) is 14.7 Å². The molecule has 6 heteroatoms. The minimum Gasteiger partial charge on any atom is -0.508 e. The minimum atomic E-state index is -1.11. The van der Waals surface area contributed by atoms with Gasteiger partial charge in [0.15, 0.2) is 0 Å². The summed E-state index contributed by atoms with van der Waals surface area (Å²) in [5, 5.41) is 20.2. The molecule has 0 bridgehead atoms. The second-order valence-electron chi connectivity index (χ2n) is 3.59. The first-order chi connectivity index (χ1) is 7.91. The van der Waals surface area contributed by atoms with Gasteiger partial charge in [0.25, 0.3) is 0 Å². The number of aliphatic carboxylic acids is 1. The molecular weight excluding hydrogens is 224 g/mol. The number of anilines is 1. The number of nitrogens with zero attached hydrogens (tertiary/aromatic N) is 1. The maximum Gasteiger partial charge on any atom is 0.325 e. The molecule has 0 fully saturated rings. The molecule has 0 aromatic heterocycles. The zero-order valence-electron chi connectivity index (χ0n) is 9.54. The molecular formula is C11H14N2O4. The summed E-state index contributed by atoms with van der Waals surface area (Å²) in [5.41, 5.74) is 0.472. The quantitative estimate of drug-likeness (QED) is 0.733. The number of hydrogen-bond donors (Lipinski definition) is 3. The van der Waals surface area contributed by atoms with Gasteiger partial charge in [-0.1, -0.05) is 6.07 Å². The molecule has 0 saturated heterocycles. The first-order valence-corrected chi connectivity index (χ1v) is 4.98. The van der Waals surface area contributed by atoms with Gasteiger partial charge in [-0.05, 0) is 19.1 Å². The zero-order chi connectivity index (χ0) is 13.0. The van der Waals surface area contributed by atoms with E-state index in [4.69, 9.17) is 5.11 Å². The van der Waals surface area contributed by atoms with Crippen LogP contribution in [0.3, 0.4) is 0 Å². The molecule has 0 aliphatic rings. The second kappa shape index (κ2) is 5.20. The van der Waals surface area contributed by atoms with Gasteiger partial charge in [0, 0.05) is 18.8 Å².